The fourth-order valence-corrected chi connectivity index (χ4v) is 4.28. The lowest BCUT2D eigenvalue weighted by atomic mass is 9.79. The highest BCUT2D eigenvalue weighted by Crippen LogP contribution is 2.38. The standard InChI is InChI=1S/C19H24N4O3/c1-13-3-4-14(11-15(13)23-10-8-21-18(23)26)16(24)22-9-6-19(12-22)5-2-7-20-17(19)25/h3-4,11H,2,5-10,12H2,1H3,(H,20,25)(H,21,26)/t19-/m1/s1. The molecule has 0 aromatic heterocycles. The molecule has 0 aliphatic carbocycles. The lowest BCUT2D eigenvalue weighted by molar-refractivity contribution is -0.132. The molecule has 3 heterocycles. The monoisotopic (exact) mass is 356 g/mol. The largest absolute Gasteiger partial charge is 0.356 e. The Hall–Kier alpha value is -2.57. The third-order valence-corrected chi connectivity index (χ3v) is 5.84. The van der Waals surface area contributed by atoms with E-state index in [2.05, 4.69) is 10.6 Å². The number of rotatable bonds is 2. The molecule has 3 aliphatic heterocycles. The van der Waals surface area contributed by atoms with Gasteiger partial charge in [-0.2, -0.15) is 0 Å². The van der Waals surface area contributed by atoms with Crippen LogP contribution in [0.25, 0.3) is 0 Å². The normalized spacial score (nSPS) is 25.6. The van der Waals surface area contributed by atoms with E-state index >= 15 is 0 Å². The van der Waals surface area contributed by atoms with Crippen molar-refractivity contribution in [2.75, 3.05) is 37.6 Å². The zero-order chi connectivity index (χ0) is 18.3. The topological polar surface area (TPSA) is 81.8 Å². The molecule has 4 rings (SSSR count). The predicted octanol–water partition coefficient (Wildman–Crippen LogP) is 1.27. The summed E-state index contributed by atoms with van der Waals surface area (Å²) < 4.78 is 0. The Balaban J connectivity index is 1.55. The van der Waals surface area contributed by atoms with Crippen LogP contribution in [0.1, 0.15) is 35.2 Å². The van der Waals surface area contributed by atoms with E-state index in [1.54, 1.807) is 21.9 Å². The van der Waals surface area contributed by atoms with Crippen LogP contribution in [0.3, 0.4) is 0 Å². The molecule has 7 nitrogen and oxygen atoms in total. The van der Waals surface area contributed by atoms with Crippen LogP contribution >= 0.6 is 0 Å². The lowest BCUT2D eigenvalue weighted by Crippen LogP contribution is -2.47. The van der Waals surface area contributed by atoms with Crippen LogP contribution in [-0.4, -0.2) is 55.5 Å². The first-order valence-corrected chi connectivity index (χ1v) is 9.24. The van der Waals surface area contributed by atoms with Crippen molar-refractivity contribution < 1.29 is 14.4 Å². The van der Waals surface area contributed by atoms with Crippen LogP contribution in [-0.2, 0) is 4.79 Å². The van der Waals surface area contributed by atoms with E-state index in [0.29, 0.717) is 31.7 Å². The van der Waals surface area contributed by atoms with E-state index in [-0.39, 0.29) is 17.8 Å². The summed E-state index contributed by atoms with van der Waals surface area (Å²) in [6.07, 6.45) is 2.53. The summed E-state index contributed by atoms with van der Waals surface area (Å²) in [7, 11) is 0. The van der Waals surface area contributed by atoms with Gasteiger partial charge in [0, 0.05) is 44.0 Å². The minimum atomic E-state index is -0.420. The summed E-state index contributed by atoms with van der Waals surface area (Å²) in [5.41, 5.74) is 1.88. The molecule has 1 atom stereocenters. The van der Waals surface area contributed by atoms with Crippen LogP contribution in [0.15, 0.2) is 18.2 Å². The minimum absolute atomic E-state index is 0.0684. The molecule has 4 amide bonds. The molecular weight excluding hydrogens is 332 g/mol. The first kappa shape index (κ1) is 16.9. The number of amides is 4. The van der Waals surface area contributed by atoms with E-state index in [4.69, 9.17) is 0 Å². The number of aryl methyl sites for hydroxylation is 1. The molecule has 26 heavy (non-hydrogen) atoms. The van der Waals surface area contributed by atoms with Gasteiger partial charge in [-0.15, -0.1) is 0 Å². The van der Waals surface area contributed by atoms with Gasteiger partial charge in [-0.05, 0) is 43.9 Å². The van der Waals surface area contributed by atoms with Crippen molar-refractivity contribution >= 4 is 23.5 Å². The SMILES string of the molecule is Cc1ccc(C(=O)N2CC[C@]3(CCCNC3=O)C2)cc1N1CCNC1=O. The number of nitrogens with one attached hydrogen (secondary N) is 2. The Labute approximate surface area is 152 Å². The number of hydrogen-bond donors (Lipinski definition) is 2. The van der Waals surface area contributed by atoms with Crippen molar-refractivity contribution in [3.05, 3.63) is 29.3 Å². The Bertz CT molecular complexity index is 778. The van der Waals surface area contributed by atoms with Gasteiger partial charge in [-0.1, -0.05) is 6.07 Å². The Morgan fingerprint density at radius 1 is 1.12 bits per heavy atom. The molecule has 0 saturated carbocycles. The Morgan fingerprint density at radius 3 is 2.69 bits per heavy atom. The molecule has 1 aromatic carbocycles. The molecule has 0 bridgehead atoms. The van der Waals surface area contributed by atoms with E-state index in [1.165, 1.54) is 0 Å². The molecule has 3 fully saturated rings. The zero-order valence-corrected chi connectivity index (χ0v) is 15.0. The Kier molecular flexibility index (Phi) is 4.09. The molecule has 1 aromatic rings. The van der Waals surface area contributed by atoms with Gasteiger partial charge in [-0.3, -0.25) is 14.5 Å². The van der Waals surface area contributed by atoms with Crippen molar-refractivity contribution in [2.45, 2.75) is 26.2 Å². The molecule has 3 saturated heterocycles. The van der Waals surface area contributed by atoms with Gasteiger partial charge >= 0.3 is 6.03 Å². The number of carbonyl (C=O) groups is 3. The highest BCUT2D eigenvalue weighted by atomic mass is 16.2. The molecule has 0 radical (unpaired) electrons. The van der Waals surface area contributed by atoms with Gasteiger partial charge in [-0.25, -0.2) is 4.79 Å². The molecule has 3 aliphatic rings. The Morgan fingerprint density at radius 2 is 1.96 bits per heavy atom. The first-order valence-electron chi connectivity index (χ1n) is 9.24. The summed E-state index contributed by atoms with van der Waals surface area (Å²) in [4.78, 5) is 40.8. The highest BCUT2D eigenvalue weighted by molar-refractivity contribution is 5.99. The van der Waals surface area contributed by atoms with Gasteiger partial charge in [0.2, 0.25) is 5.91 Å². The van der Waals surface area contributed by atoms with Crippen LogP contribution in [0.4, 0.5) is 10.5 Å². The second kappa shape index (κ2) is 6.30. The van der Waals surface area contributed by atoms with E-state index in [9.17, 15) is 14.4 Å². The van der Waals surface area contributed by atoms with E-state index < -0.39 is 5.41 Å². The lowest BCUT2D eigenvalue weighted by Gasteiger charge is -2.32. The quantitative estimate of drug-likeness (QED) is 0.837. The van der Waals surface area contributed by atoms with Gasteiger partial charge in [0.15, 0.2) is 0 Å². The van der Waals surface area contributed by atoms with Crippen molar-refractivity contribution in [2.24, 2.45) is 5.41 Å². The van der Waals surface area contributed by atoms with Crippen molar-refractivity contribution in [3.8, 4) is 0 Å². The van der Waals surface area contributed by atoms with E-state index in [0.717, 1.165) is 37.1 Å². The number of likely N-dealkylation sites (tertiary alicyclic amines) is 1. The average molecular weight is 356 g/mol. The van der Waals surface area contributed by atoms with Crippen LogP contribution in [0.5, 0.6) is 0 Å². The second-order valence-corrected chi connectivity index (χ2v) is 7.50. The molecule has 0 unspecified atom stereocenters. The van der Waals surface area contributed by atoms with Gasteiger partial charge in [0.1, 0.15) is 0 Å². The summed E-state index contributed by atoms with van der Waals surface area (Å²) in [6, 6.07) is 5.36. The maximum Gasteiger partial charge on any atom is 0.322 e. The summed E-state index contributed by atoms with van der Waals surface area (Å²) >= 11 is 0. The number of benzene rings is 1. The van der Waals surface area contributed by atoms with Crippen molar-refractivity contribution in [1.82, 2.24) is 15.5 Å². The number of anilines is 1. The summed E-state index contributed by atoms with van der Waals surface area (Å²) in [5.74, 6) is 0.0125. The summed E-state index contributed by atoms with van der Waals surface area (Å²) in [5, 5.41) is 5.73. The molecule has 2 N–H and O–H groups in total. The fraction of sp³-hybridized carbons (Fsp3) is 0.526. The zero-order valence-electron chi connectivity index (χ0n) is 15.0. The molecular formula is C19H24N4O3. The van der Waals surface area contributed by atoms with Gasteiger partial charge in [0.25, 0.3) is 5.91 Å². The van der Waals surface area contributed by atoms with Crippen molar-refractivity contribution in [3.63, 3.8) is 0 Å². The first-order chi connectivity index (χ1) is 12.5. The maximum atomic E-state index is 13.0. The third kappa shape index (κ3) is 2.71. The number of carbonyl (C=O) groups excluding carboxylic acids is 3. The summed E-state index contributed by atoms with van der Waals surface area (Å²) in [6.45, 7) is 4.95. The predicted molar refractivity (Wildman–Crippen MR) is 97.1 cm³/mol. The molecule has 1 spiro atoms. The molecule has 7 heteroatoms. The maximum absolute atomic E-state index is 13.0. The van der Waals surface area contributed by atoms with Gasteiger partial charge in [0.05, 0.1) is 5.41 Å². The number of nitrogens with zero attached hydrogens (tertiary/aromatic N) is 2. The van der Waals surface area contributed by atoms with Crippen LogP contribution in [0, 0.1) is 12.3 Å². The van der Waals surface area contributed by atoms with Gasteiger partial charge < -0.3 is 15.5 Å². The fourth-order valence-electron chi connectivity index (χ4n) is 4.28. The van der Waals surface area contributed by atoms with Crippen LogP contribution in [0.2, 0.25) is 0 Å². The number of piperidine rings is 1. The number of hydrogen-bond acceptors (Lipinski definition) is 3. The minimum Gasteiger partial charge on any atom is -0.356 e. The van der Waals surface area contributed by atoms with E-state index in [1.807, 2.05) is 13.0 Å². The van der Waals surface area contributed by atoms with Crippen LogP contribution < -0.4 is 15.5 Å². The molecule has 138 valence electrons. The average Bonchev–Trinajstić information content (AvgIpc) is 3.25. The van der Waals surface area contributed by atoms with Crippen molar-refractivity contribution in [1.29, 1.82) is 0 Å². The highest BCUT2D eigenvalue weighted by Gasteiger charge is 2.47. The third-order valence-electron chi connectivity index (χ3n) is 5.84. The number of urea groups is 1. The smallest absolute Gasteiger partial charge is 0.322 e. The second-order valence-electron chi connectivity index (χ2n) is 7.50.